The van der Waals surface area contributed by atoms with E-state index in [4.69, 9.17) is 9.05 Å². The summed E-state index contributed by atoms with van der Waals surface area (Å²) in [5, 5.41) is -0.667. The highest BCUT2D eigenvalue weighted by atomic mass is 32.2. The first-order valence-electron chi connectivity index (χ1n) is 8.03. The lowest BCUT2D eigenvalue weighted by Gasteiger charge is -2.17. The quantitative estimate of drug-likeness (QED) is 0.207. The molecule has 1 aromatic rings. The largest absolute Gasteiger partial charge is 0.469 e. The number of benzene rings is 1. The topological polar surface area (TPSA) is 109 Å². The number of hydrogen-bond acceptors (Lipinski definition) is 8. The van der Waals surface area contributed by atoms with Crippen LogP contribution in [0, 0.1) is 0 Å². The van der Waals surface area contributed by atoms with Gasteiger partial charge in [0.1, 0.15) is 0 Å². The molecule has 0 unspecified atom stereocenters. The second-order valence-corrected chi connectivity index (χ2v) is 9.97. The number of rotatable bonds is 12. The standard InChI is InChI=1S/C15H26NO6P2S/c1-3-21-24(20,22-4-2)15(23(17,18)19)16-12-8-9-13-25-14-10-6-5-7-11-14/h5-7,10-11,17-19H,3-4,8-9,12-13H2,1-2H3/q+1. The molecule has 3 N–H and O–H groups in total. The normalized spacial score (nSPS) is 13.2. The van der Waals surface area contributed by atoms with Crippen molar-refractivity contribution in [3.8, 4) is 0 Å². The van der Waals surface area contributed by atoms with Gasteiger partial charge in [-0.05, 0) is 44.6 Å². The van der Waals surface area contributed by atoms with Gasteiger partial charge in [-0.1, -0.05) is 18.2 Å². The number of aliphatic imine (C=N–C) groups is 1. The van der Waals surface area contributed by atoms with Crippen LogP contribution in [0.2, 0.25) is 0 Å². The van der Waals surface area contributed by atoms with E-state index in [2.05, 4.69) is 4.99 Å². The second kappa shape index (κ2) is 11.4. The van der Waals surface area contributed by atoms with Gasteiger partial charge in [0.05, 0.1) is 13.2 Å². The van der Waals surface area contributed by atoms with Gasteiger partial charge in [0.2, 0.25) is 0 Å². The van der Waals surface area contributed by atoms with E-state index in [0.29, 0.717) is 6.42 Å². The lowest BCUT2D eigenvalue weighted by molar-refractivity contribution is 0.232. The van der Waals surface area contributed by atoms with Crippen molar-refractivity contribution in [2.75, 3.05) is 25.5 Å². The summed E-state index contributed by atoms with van der Waals surface area (Å²) < 4.78 is 22.7. The summed E-state index contributed by atoms with van der Waals surface area (Å²) in [5.41, 5.74) is 0. The minimum Gasteiger partial charge on any atom is -0.302 e. The van der Waals surface area contributed by atoms with Gasteiger partial charge in [-0.25, -0.2) is 9.56 Å². The highest BCUT2D eigenvalue weighted by molar-refractivity contribution is 8.01. The van der Waals surface area contributed by atoms with E-state index < -0.39 is 20.7 Å². The van der Waals surface area contributed by atoms with Crippen LogP contribution in [0.3, 0.4) is 0 Å². The monoisotopic (exact) mass is 410 g/mol. The molecule has 0 aliphatic rings. The molecular weight excluding hydrogens is 384 g/mol. The zero-order valence-corrected chi connectivity index (χ0v) is 17.1. The van der Waals surface area contributed by atoms with Crippen LogP contribution < -0.4 is 0 Å². The lowest BCUT2D eigenvalue weighted by Crippen LogP contribution is -2.12. The third-order valence-corrected chi connectivity index (χ3v) is 8.07. The first-order valence-corrected chi connectivity index (χ1v) is 12.2. The molecule has 0 amide bonds. The maximum Gasteiger partial charge on any atom is 0.469 e. The Balaban J connectivity index is 2.60. The molecule has 10 heteroatoms. The maximum absolute atomic E-state index is 12.6. The molecule has 0 aliphatic carbocycles. The zero-order chi connectivity index (χ0) is 18.8. The van der Waals surface area contributed by atoms with E-state index in [9.17, 15) is 19.2 Å². The van der Waals surface area contributed by atoms with Crippen LogP contribution in [-0.4, -0.2) is 45.4 Å². The Hall–Kier alpha value is -0.300. The van der Waals surface area contributed by atoms with Gasteiger partial charge in [-0.15, -0.1) is 11.8 Å². The predicted octanol–water partition coefficient (Wildman–Crippen LogP) is 3.92. The molecule has 0 radical (unpaired) electrons. The predicted molar refractivity (Wildman–Crippen MR) is 103 cm³/mol. The molecule has 0 fully saturated rings. The molecule has 1 aromatic carbocycles. The van der Waals surface area contributed by atoms with Gasteiger partial charge in [-0.3, -0.25) is 0 Å². The lowest BCUT2D eigenvalue weighted by atomic mass is 10.3. The summed E-state index contributed by atoms with van der Waals surface area (Å²) in [7, 11) is -8.59. The molecule has 0 atom stereocenters. The van der Waals surface area contributed by atoms with Crippen molar-refractivity contribution in [3.63, 3.8) is 0 Å². The molecule has 7 nitrogen and oxygen atoms in total. The van der Waals surface area contributed by atoms with E-state index in [1.165, 1.54) is 4.90 Å². The molecule has 0 saturated carbocycles. The molecule has 0 aromatic heterocycles. The zero-order valence-electron chi connectivity index (χ0n) is 14.4. The Kier molecular flexibility index (Phi) is 10.4. The van der Waals surface area contributed by atoms with Gasteiger partial charge in [-0.2, -0.15) is 14.7 Å². The van der Waals surface area contributed by atoms with Crippen LogP contribution in [0.25, 0.3) is 0 Å². The van der Waals surface area contributed by atoms with Crippen LogP contribution in [0.5, 0.6) is 0 Å². The van der Waals surface area contributed by atoms with Gasteiger partial charge >= 0.3 is 20.7 Å². The minimum absolute atomic E-state index is 0.0318. The summed E-state index contributed by atoms with van der Waals surface area (Å²) in [5.74, 6) is 0.876. The molecule has 0 spiro atoms. The van der Waals surface area contributed by atoms with E-state index in [1.807, 2.05) is 30.3 Å². The fourth-order valence-corrected chi connectivity index (χ4v) is 6.08. The molecule has 0 aliphatic heterocycles. The second-order valence-electron chi connectivity index (χ2n) is 4.95. The van der Waals surface area contributed by atoms with Gasteiger partial charge < -0.3 is 9.05 Å². The Morgan fingerprint density at radius 2 is 1.72 bits per heavy atom. The van der Waals surface area contributed by atoms with Crippen LogP contribution in [0.4, 0.5) is 0 Å². The summed E-state index contributed by atoms with van der Waals surface area (Å²) in [4.78, 5) is 33.8. The van der Waals surface area contributed by atoms with Crippen molar-refractivity contribution in [1.82, 2.24) is 0 Å². The average Bonchev–Trinajstić information content (AvgIpc) is 2.54. The van der Waals surface area contributed by atoms with Gasteiger partial charge in [0.15, 0.2) is 0 Å². The Morgan fingerprint density at radius 3 is 2.24 bits per heavy atom. The summed E-state index contributed by atoms with van der Waals surface area (Å²) >= 11 is 1.71. The summed E-state index contributed by atoms with van der Waals surface area (Å²) in [6.45, 7) is 3.44. The minimum atomic E-state index is -4.58. The van der Waals surface area contributed by atoms with E-state index in [1.54, 1.807) is 25.6 Å². The van der Waals surface area contributed by atoms with Crippen molar-refractivity contribution in [2.45, 2.75) is 31.6 Å². The molecule has 25 heavy (non-hydrogen) atoms. The van der Waals surface area contributed by atoms with Crippen molar-refractivity contribution in [1.29, 1.82) is 0 Å². The van der Waals surface area contributed by atoms with Gasteiger partial charge in [0.25, 0.3) is 0 Å². The van der Waals surface area contributed by atoms with E-state index in [-0.39, 0.29) is 19.8 Å². The van der Waals surface area contributed by atoms with Crippen LogP contribution in [0.15, 0.2) is 40.2 Å². The molecule has 0 heterocycles. The Bertz CT molecular complexity index is 569. The van der Waals surface area contributed by atoms with Crippen molar-refractivity contribution in [3.05, 3.63) is 30.3 Å². The average molecular weight is 410 g/mol. The van der Waals surface area contributed by atoms with Crippen molar-refractivity contribution >= 4 is 32.5 Å². The van der Waals surface area contributed by atoms with Crippen LogP contribution in [-0.2, 0) is 13.6 Å². The molecule has 0 saturated heterocycles. The first kappa shape index (κ1) is 22.7. The maximum atomic E-state index is 12.6. The van der Waals surface area contributed by atoms with E-state index in [0.717, 1.165) is 12.2 Å². The highest BCUT2D eigenvalue weighted by Crippen LogP contribution is 2.65. The Labute approximate surface area is 153 Å². The van der Waals surface area contributed by atoms with Crippen molar-refractivity contribution < 1.29 is 28.3 Å². The molecular formula is C15H26NO6P2S+. The van der Waals surface area contributed by atoms with Gasteiger partial charge in [0, 0.05) is 11.4 Å². The fourth-order valence-electron chi connectivity index (χ4n) is 1.94. The molecule has 0 bridgehead atoms. The highest BCUT2D eigenvalue weighted by Gasteiger charge is 2.54. The summed E-state index contributed by atoms with van der Waals surface area (Å²) in [6.07, 6.45) is 1.47. The number of unbranched alkanes of at least 4 members (excludes halogenated alkanes) is 1. The summed E-state index contributed by atoms with van der Waals surface area (Å²) in [6, 6.07) is 9.98. The third kappa shape index (κ3) is 8.29. The van der Waals surface area contributed by atoms with Crippen LogP contribution >= 0.6 is 27.3 Å². The fraction of sp³-hybridized carbons (Fsp3) is 0.533. The SMILES string of the molecule is CCOP(=O)(OCC)C(=NCCCCSc1ccccc1)[P+](O)(O)O. The number of hydrogen-bond donors (Lipinski definition) is 3. The van der Waals surface area contributed by atoms with E-state index >= 15 is 0 Å². The Morgan fingerprint density at radius 1 is 1.12 bits per heavy atom. The third-order valence-electron chi connectivity index (χ3n) is 2.93. The molecule has 1 rings (SSSR count). The van der Waals surface area contributed by atoms with Crippen molar-refractivity contribution in [2.24, 2.45) is 4.99 Å². The number of thioether (sulfide) groups is 1. The first-order chi connectivity index (χ1) is 11.8. The smallest absolute Gasteiger partial charge is 0.302 e. The number of nitrogens with zero attached hydrogens (tertiary/aromatic N) is 1. The van der Waals surface area contributed by atoms with Crippen LogP contribution in [0.1, 0.15) is 26.7 Å². The molecule has 142 valence electrons.